The molecule has 3 N–H and O–H groups in total. The quantitative estimate of drug-likeness (QED) is 0.240. The molecule has 1 atom stereocenters. The maximum absolute atomic E-state index is 15.3. The van der Waals surface area contributed by atoms with Gasteiger partial charge in [-0.15, -0.1) is 0 Å². The van der Waals surface area contributed by atoms with Crippen LogP contribution in [0.15, 0.2) is 78.9 Å². The average Bonchev–Trinajstić information content (AvgIpc) is 3.44. The summed E-state index contributed by atoms with van der Waals surface area (Å²) in [7, 11) is 0. The van der Waals surface area contributed by atoms with E-state index < -0.39 is 41.4 Å². The number of primary amides is 1. The van der Waals surface area contributed by atoms with Crippen molar-refractivity contribution in [3.63, 3.8) is 0 Å². The SMILES string of the molecule is NC(=O)c1ccc(N2CCN(C3CCN(Cc4cc(F)c5c(c4)C(=O)N(C4CCC(=O)NC4=O)C5=O)CC3)CC2)nc1-c1ccc(Oc2ccccc2)cc1. The lowest BCUT2D eigenvalue weighted by molar-refractivity contribution is -0.136. The van der Waals surface area contributed by atoms with Gasteiger partial charge in [0.05, 0.1) is 22.4 Å². The van der Waals surface area contributed by atoms with Gasteiger partial charge in [-0.3, -0.25) is 44.0 Å². The predicted octanol–water partition coefficient (Wildman–Crippen LogP) is 3.97. The first-order chi connectivity index (χ1) is 26.6. The highest BCUT2D eigenvalue weighted by molar-refractivity contribution is 6.23. The van der Waals surface area contributed by atoms with Gasteiger partial charge in [-0.25, -0.2) is 9.37 Å². The largest absolute Gasteiger partial charge is 0.457 e. The van der Waals surface area contributed by atoms with Gasteiger partial charge < -0.3 is 15.4 Å². The number of ether oxygens (including phenoxy) is 1. The van der Waals surface area contributed by atoms with E-state index >= 15 is 4.39 Å². The standard InChI is InChI=1S/C41H40FN7O6/c42-32-23-25(22-31-36(32)41(54)49(40(31)53)33-11-13-35(50)45-39(33)52)24-46-16-14-27(15-17-46)47-18-20-48(21-19-47)34-12-10-30(38(43)51)37(44-34)26-6-8-29(9-7-26)55-28-4-2-1-3-5-28/h1-10,12,22-23,27,33H,11,13-21,24H2,(H2,43,51)(H,45,50,52). The molecule has 4 aromatic rings. The molecule has 3 aromatic carbocycles. The second kappa shape index (κ2) is 15.0. The van der Waals surface area contributed by atoms with Crippen LogP contribution in [0.1, 0.15) is 62.3 Å². The molecule has 1 unspecified atom stereocenters. The number of rotatable bonds is 9. The number of nitrogens with one attached hydrogen (secondary N) is 1. The number of piperidine rings is 2. The number of aromatic nitrogens is 1. The molecule has 0 saturated carbocycles. The summed E-state index contributed by atoms with van der Waals surface area (Å²) in [4.78, 5) is 75.4. The summed E-state index contributed by atoms with van der Waals surface area (Å²) in [5.41, 5.74) is 7.60. The minimum absolute atomic E-state index is 0.00394. The van der Waals surface area contributed by atoms with E-state index in [0.717, 1.165) is 74.1 Å². The number of hydrogen-bond acceptors (Lipinski definition) is 10. The molecule has 5 amide bonds. The molecule has 5 heterocycles. The number of anilines is 1. The Morgan fingerprint density at radius 3 is 2.24 bits per heavy atom. The number of likely N-dealkylation sites (tertiary alicyclic amines) is 1. The number of halogens is 1. The van der Waals surface area contributed by atoms with Crippen molar-refractivity contribution in [2.45, 2.75) is 44.3 Å². The molecular weight excluding hydrogens is 705 g/mol. The van der Waals surface area contributed by atoms with Gasteiger partial charge in [-0.1, -0.05) is 18.2 Å². The van der Waals surface area contributed by atoms with Crippen molar-refractivity contribution in [3.8, 4) is 22.8 Å². The highest BCUT2D eigenvalue weighted by Crippen LogP contribution is 2.32. The zero-order valence-corrected chi connectivity index (χ0v) is 30.1. The van der Waals surface area contributed by atoms with Gasteiger partial charge in [-0.05, 0) is 98.6 Å². The highest BCUT2D eigenvalue weighted by Gasteiger charge is 2.46. The van der Waals surface area contributed by atoms with Crippen molar-refractivity contribution >= 4 is 35.4 Å². The van der Waals surface area contributed by atoms with Gasteiger partial charge in [0.2, 0.25) is 11.8 Å². The predicted molar refractivity (Wildman–Crippen MR) is 200 cm³/mol. The molecule has 0 radical (unpaired) electrons. The number of piperazine rings is 1. The summed E-state index contributed by atoms with van der Waals surface area (Å²) in [5, 5.41) is 2.16. The van der Waals surface area contributed by atoms with E-state index in [1.54, 1.807) is 12.1 Å². The molecule has 4 aliphatic heterocycles. The van der Waals surface area contributed by atoms with Crippen molar-refractivity contribution in [2.75, 3.05) is 44.2 Å². The minimum Gasteiger partial charge on any atom is -0.457 e. The summed E-state index contributed by atoms with van der Waals surface area (Å²) >= 11 is 0. The van der Waals surface area contributed by atoms with E-state index in [9.17, 15) is 24.0 Å². The third-order valence-corrected chi connectivity index (χ3v) is 10.9. The molecule has 3 fully saturated rings. The molecule has 55 heavy (non-hydrogen) atoms. The van der Waals surface area contributed by atoms with E-state index in [-0.39, 0.29) is 24.0 Å². The van der Waals surface area contributed by atoms with Gasteiger partial charge in [0.15, 0.2) is 0 Å². The molecule has 3 saturated heterocycles. The minimum atomic E-state index is -1.14. The van der Waals surface area contributed by atoms with Crippen LogP contribution in [0.4, 0.5) is 10.2 Å². The van der Waals surface area contributed by atoms with Crippen molar-refractivity contribution in [1.82, 2.24) is 25.0 Å². The number of para-hydroxylation sites is 1. The first-order valence-corrected chi connectivity index (χ1v) is 18.5. The van der Waals surface area contributed by atoms with E-state index in [1.807, 2.05) is 60.7 Å². The number of nitrogens with zero attached hydrogens (tertiary/aromatic N) is 5. The van der Waals surface area contributed by atoms with Crippen LogP contribution in [0.2, 0.25) is 0 Å². The van der Waals surface area contributed by atoms with Crippen LogP contribution in [-0.2, 0) is 16.1 Å². The molecule has 282 valence electrons. The van der Waals surface area contributed by atoms with Crippen molar-refractivity contribution < 1.29 is 33.1 Å². The number of imide groups is 2. The Balaban J connectivity index is 0.862. The Morgan fingerprint density at radius 2 is 1.55 bits per heavy atom. The number of hydrogen-bond donors (Lipinski definition) is 2. The second-order valence-corrected chi connectivity index (χ2v) is 14.3. The van der Waals surface area contributed by atoms with Crippen molar-refractivity contribution in [2.24, 2.45) is 5.73 Å². The van der Waals surface area contributed by atoms with E-state index in [2.05, 4.69) is 20.0 Å². The van der Waals surface area contributed by atoms with E-state index in [0.29, 0.717) is 35.2 Å². The topological polar surface area (TPSA) is 158 Å². The Bertz CT molecular complexity index is 2170. The number of amides is 5. The van der Waals surface area contributed by atoms with E-state index in [1.165, 1.54) is 6.07 Å². The van der Waals surface area contributed by atoms with Gasteiger partial charge >= 0.3 is 0 Å². The molecular formula is C41H40FN7O6. The van der Waals surface area contributed by atoms with Gasteiger partial charge in [0.25, 0.3) is 17.7 Å². The Kier molecular flexibility index (Phi) is 9.84. The normalized spacial score (nSPS) is 19.8. The lowest BCUT2D eigenvalue weighted by Crippen LogP contribution is -2.54. The summed E-state index contributed by atoms with van der Waals surface area (Å²) < 4.78 is 21.2. The summed E-state index contributed by atoms with van der Waals surface area (Å²) in [6.45, 7) is 5.22. The zero-order valence-electron chi connectivity index (χ0n) is 30.1. The molecule has 4 aliphatic rings. The fraction of sp³-hybridized carbons (Fsp3) is 0.317. The Labute approximate surface area is 316 Å². The monoisotopic (exact) mass is 745 g/mol. The van der Waals surface area contributed by atoms with Crippen LogP contribution in [0.3, 0.4) is 0 Å². The van der Waals surface area contributed by atoms with Crippen molar-refractivity contribution in [1.29, 1.82) is 0 Å². The second-order valence-electron chi connectivity index (χ2n) is 14.3. The van der Waals surface area contributed by atoms with Crippen LogP contribution < -0.4 is 20.7 Å². The molecule has 1 aromatic heterocycles. The van der Waals surface area contributed by atoms with Crippen molar-refractivity contribution in [3.05, 3.63) is 107 Å². The molecule has 0 spiro atoms. The number of carbonyl (C=O) groups is 5. The first kappa shape index (κ1) is 36.0. The lowest BCUT2D eigenvalue weighted by Gasteiger charge is -2.43. The van der Waals surface area contributed by atoms with E-state index in [4.69, 9.17) is 15.5 Å². The molecule has 0 aliphatic carbocycles. The maximum atomic E-state index is 15.3. The van der Waals surface area contributed by atoms with Gasteiger partial charge in [-0.2, -0.15) is 0 Å². The number of fused-ring (bicyclic) bond motifs is 1. The highest BCUT2D eigenvalue weighted by atomic mass is 19.1. The number of nitrogens with two attached hydrogens (primary N) is 1. The maximum Gasteiger partial charge on any atom is 0.265 e. The summed E-state index contributed by atoms with van der Waals surface area (Å²) in [6, 6.07) is 22.6. The van der Waals surface area contributed by atoms with Crippen LogP contribution in [-0.4, -0.2) is 101 Å². The molecule has 8 rings (SSSR count). The molecule has 14 heteroatoms. The van der Waals surface area contributed by atoms with Crippen LogP contribution >= 0.6 is 0 Å². The van der Waals surface area contributed by atoms with Crippen LogP contribution in [0.25, 0.3) is 11.3 Å². The molecule has 0 bridgehead atoms. The van der Waals surface area contributed by atoms with Crippen LogP contribution in [0, 0.1) is 5.82 Å². The number of pyridine rings is 1. The first-order valence-electron chi connectivity index (χ1n) is 18.5. The summed E-state index contributed by atoms with van der Waals surface area (Å²) in [5.74, 6) is -1.92. The third-order valence-electron chi connectivity index (χ3n) is 10.9. The lowest BCUT2D eigenvalue weighted by atomic mass is 10.00. The fourth-order valence-corrected chi connectivity index (χ4v) is 8.06. The molecule has 13 nitrogen and oxygen atoms in total. The Hall–Kier alpha value is -5.99. The van der Waals surface area contributed by atoms with Crippen LogP contribution in [0.5, 0.6) is 11.5 Å². The summed E-state index contributed by atoms with van der Waals surface area (Å²) in [6.07, 6.45) is 1.86. The third kappa shape index (κ3) is 7.30. The smallest absolute Gasteiger partial charge is 0.265 e. The average molecular weight is 746 g/mol. The zero-order chi connectivity index (χ0) is 38.2. The van der Waals surface area contributed by atoms with Gasteiger partial charge in [0.1, 0.15) is 29.2 Å². The van der Waals surface area contributed by atoms with Gasteiger partial charge in [0, 0.05) is 50.7 Å². The number of carbonyl (C=O) groups excluding carboxylic acids is 5. The fourth-order valence-electron chi connectivity index (χ4n) is 8.06. The Morgan fingerprint density at radius 1 is 0.836 bits per heavy atom. The number of benzene rings is 3.